The van der Waals surface area contributed by atoms with Crippen molar-refractivity contribution in [1.29, 1.82) is 5.26 Å². The maximum Gasteiger partial charge on any atom is 0.103 e. The van der Waals surface area contributed by atoms with Crippen molar-refractivity contribution in [2.75, 3.05) is 24.2 Å². The monoisotopic (exact) mass is 262 g/mol. The summed E-state index contributed by atoms with van der Waals surface area (Å²) in [5.41, 5.74) is 1.76. The Kier molecular flexibility index (Phi) is 4.15. The second-order valence-electron chi connectivity index (χ2n) is 4.75. The van der Waals surface area contributed by atoms with Crippen LogP contribution in [0.4, 0.5) is 5.69 Å². The van der Waals surface area contributed by atoms with Gasteiger partial charge in [-0.3, -0.25) is 0 Å². The van der Waals surface area contributed by atoms with Gasteiger partial charge in [-0.05, 0) is 30.7 Å². The molecule has 0 bridgehead atoms. The Balaban J connectivity index is 2.31. The van der Waals surface area contributed by atoms with Gasteiger partial charge in [0, 0.05) is 18.0 Å². The highest BCUT2D eigenvalue weighted by molar-refractivity contribution is 7.98. The fourth-order valence-corrected chi connectivity index (χ4v) is 2.99. The summed E-state index contributed by atoms with van der Waals surface area (Å²) in [4.78, 5) is 3.24. The van der Waals surface area contributed by atoms with Gasteiger partial charge >= 0.3 is 0 Å². The van der Waals surface area contributed by atoms with Crippen molar-refractivity contribution in [3.63, 3.8) is 0 Å². The van der Waals surface area contributed by atoms with E-state index in [0.29, 0.717) is 0 Å². The molecule has 1 aromatic rings. The van der Waals surface area contributed by atoms with E-state index in [9.17, 15) is 10.4 Å². The zero-order valence-corrected chi connectivity index (χ0v) is 11.6. The van der Waals surface area contributed by atoms with Crippen molar-refractivity contribution in [3.8, 4) is 6.07 Å². The van der Waals surface area contributed by atoms with E-state index in [1.54, 1.807) is 11.8 Å². The molecule has 1 fully saturated rings. The number of hydrogen-bond donors (Lipinski definition) is 1. The Morgan fingerprint density at radius 1 is 1.50 bits per heavy atom. The lowest BCUT2D eigenvalue weighted by Gasteiger charge is -2.36. The molecule has 0 amide bonds. The van der Waals surface area contributed by atoms with Crippen molar-refractivity contribution < 1.29 is 5.11 Å². The highest BCUT2D eigenvalue weighted by Gasteiger charge is 2.26. The predicted octanol–water partition coefficient (Wildman–Crippen LogP) is 2.49. The van der Waals surface area contributed by atoms with Crippen molar-refractivity contribution >= 4 is 17.4 Å². The molecular formula is C14H18N2OS. The molecule has 1 aliphatic rings. The summed E-state index contributed by atoms with van der Waals surface area (Å²) in [6.07, 6.45) is 2.55. The van der Waals surface area contributed by atoms with Gasteiger partial charge < -0.3 is 10.0 Å². The number of anilines is 1. The van der Waals surface area contributed by atoms with Gasteiger partial charge in [-0.1, -0.05) is 13.0 Å². The average molecular weight is 262 g/mol. The number of piperidine rings is 1. The normalized spacial score (nSPS) is 23.8. The van der Waals surface area contributed by atoms with Crippen LogP contribution in [0.5, 0.6) is 0 Å². The summed E-state index contributed by atoms with van der Waals surface area (Å²) in [7, 11) is 0. The van der Waals surface area contributed by atoms with E-state index in [0.717, 1.165) is 35.7 Å². The molecule has 0 aliphatic carbocycles. The first-order valence-electron chi connectivity index (χ1n) is 6.17. The third-order valence-corrected chi connectivity index (χ3v) is 4.32. The number of aliphatic hydroxyl groups is 1. The highest BCUT2D eigenvalue weighted by Crippen LogP contribution is 2.31. The van der Waals surface area contributed by atoms with Gasteiger partial charge in [-0.15, -0.1) is 11.8 Å². The molecule has 4 heteroatoms. The molecule has 18 heavy (non-hydrogen) atoms. The summed E-state index contributed by atoms with van der Waals surface area (Å²) < 4.78 is 0. The molecular weight excluding hydrogens is 244 g/mol. The van der Waals surface area contributed by atoms with E-state index < -0.39 is 0 Å². The number of aliphatic hydroxyl groups excluding tert-OH is 1. The van der Waals surface area contributed by atoms with E-state index in [-0.39, 0.29) is 12.0 Å². The second kappa shape index (κ2) is 5.64. The van der Waals surface area contributed by atoms with Crippen molar-refractivity contribution in [2.24, 2.45) is 5.92 Å². The van der Waals surface area contributed by atoms with Gasteiger partial charge in [0.2, 0.25) is 0 Å². The van der Waals surface area contributed by atoms with E-state index in [1.165, 1.54) is 0 Å². The largest absolute Gasteiger partial charge is 0.393 e. The predicted molar refractivity (Wildman–Crippen MR) is 74.9 cm³/mol. The molecule has 2 unspecified atom stereocenters. The summed E-state index contributed by atoms with van der Waals surface area (Å²) in [5.74, 6) is 0.253. The Morgan fingerprint density at radius 2 is 2.28 bits per heavy atom. The average Bonchev–Trinajstić information content (AvgIpc) is 2.40. The molecule has 2 rings (SSSR count). The van der Waals surface area contributed by atoms with Crippen LogP contribution in [0.2, 0.25) is 0 Å². The van der Waals surface area contributed by atoms with Crippen molar-refractivity contribution in [3.05, 3.63) is 23.8 Å². The van der Waals surface area contributed by atoms with Crippen LogP contribution in [0.15, 0.2) is 23.1 Å². The smallest absolute Gasteiger partial charge is 0.103 e. The summed E-state index contributed by atoms with van der Waals surface area (Å²) in [6, 6.07) is 8.29. The molecule has 3 nitrogen and oxygen atoms in total. The highest BCUT2D eigenvalue weighted by atomic mass is 32.2. The molecule has 0 spiro atoms. The van der Waals surface area contributed by atoms with Gasteiger partial charge in [0.15, 0.2) is 0 Å². The van der Waals surface area contributed by atoms with E-state index in [2.05, 4.69) is 17.9 Å². The SMILES string of the molecule is CSc1cccc(N2CCC(O)C(C)C2)c1C#N. The van der Waals surface area contributed by atoms with Crippen LogP contribution in [0.25, 0.3) is 0 Å². The second-order valence-corrected chi connectivity index (χ2v) is 5.59. The Labute approximate surface area is 112 Å². The Bertz CT molecular complexity index is 469. The van der Waals surface area contributed by atoms with Crippen LogP contribution in [0.1, 0.15) is 18.9 Å². The molecule has 1 N–H and O–H groups in total. The Hall–Kier alpha value is -1.18. The van der Waals surface area contributed by atoms with Crippen LogP contribution in [0.3, 0.4) is 0 Å². The number of benzene rings is 1. The minimum absolute atomic E-state index is 0.212. The van der Waals surface area contributed by atoms with E-state index in [1.807, 2.05) is 24.5 Å². The fraction of sp³-hybridized carbons (Fsp3) is 0.500. The maximum absolute atomic E-state index is 9.77. The Morgan fingerprint density at radius 3 is 2.89 bits per heavy atom. The van der Waals surface area contributed by atoms with Crippen LogP contribution < -0.4 is 4.90 Å². The quantitative estimate of drug-likeness (QED) is 0.832. The first-order chi connectivity index (χ1) is 8.67. The van der Waals surface area contributed by atoms with Crippen LogP contribution in [0, 0.1) is 17.2 Å². The zero-order chi connectivity index (χ0) is 13.1. The van der Waals surface area contributed by atoms with Crippen LogP contribution in [-0.4, -0.2) is 30.6 Å². The molecule has 0 saturated carbocycles. The zero-order valence-electron chi connectivity index (χ0n) is 10.8. The van der Waals surface area contributed by atoms with Crippen molar-refractivity contribution in [1.82, 2.24) is 0 Å². The van der Waals surface area contributed by atoms with E-state index in [4.69, 9.17) is 0 Å². The van der Waals surface area contributed by atoms with Gasteiger partial charge in [0.1, 0.15) is 6.07 Å². The maximum atomic E-state index is 9.77. The van der Waals surface area contributed by atoms with Crippen LogP contribution in [-0.2, 0) is 0 Å². The van der Waals surface area contributed by atoms with Gasteiger partial charge in [-0.2, -0.15) is 5.26 Å². The molecule has 96 valence electrons. The molecule has 1 saturated heterocycles. The lowest BCUT2D eigenvalue weighted by molar-refractivity contribution is 0.0971. The first-order valence-corrected chi connectivity index (χ1v) is 7.40. The standard InChI is InChI=1S/C14H18N2OS/c1-10-9-16(7-6-13(10)17)12-4-3-5-14(18-2)11(12)8-15/h3-5,10,13,17H,6-7,9H2,1-2H3. The number of nitrogens with zero attached hydrogens (tertiary/aromatic N) is 2. The van der Waals surface area contributed by atoms with Crippen LogP contribution >= 0.6 is 11.8 Å². The number of nitriles is 1. The van der Waals surface area contributed by atoms with Gasteiger partial charge in [0.25, 0.3) is 0 Å². The van der Waals surface area contributed by atoms with Gasteiger partial charge in [-0.25, -0.2) is 0 Å². The summed E-state index contributed by atoms with van der Waals surface area (Å²) in [5, 5.41) is 19.1. The molecule has 0 aromatic heterocycles. The lowest BCUT2D eigenvalue weighted by Crippen LogP contribution is -2.42. The number of thioether (sulfide) groups is 1. The fourth-order valence-electron chi connectivity index (χ4n) is 2.42. The first kappa shape index (κ1) is 13.3. The van der Waals surface area contributed by atoms with Crippen molar-refractivity contribution in [2.45, 2.75) is 24.3 Å². The minimum atomic E-state index is -0.212. The number of hydrogen-bond acceptors (Lipinski definition) is 4. The third-order valence-electron chi connectivity index (χ3n) is 3.54. The molecule has 2 atom stereocenters. The molecule has 1 heterocycles. The molecule has 1 aliphatic heterocycles. The lowest BCUT2D eigenvalue weighted by atomic mass is 9.96. The summed E-state index contributed by atoms with van der Waals surface area (Å²) in [6.45, 7) is 3.69. The summed E-state index contributed by atoms with van der Waals surface area (Å²) >= 11 is 1.60. The molecule has 1 aromatic carbocycles. The minimum Gasteiger partial charge on any atom is -0.393 e. The molecule has 0 radical (unpaired) electrons. The number of rotatable bonds is 2. The van der Waals surface area contributed by atoms with Gasteiger partial charge in [0.05, 0.1) is 17.4 Å². The van der Waals surface area contributed by atoms with E-state index >= 15 is 0 Å². The topological polar surface area (TPSA) is 47.3 Å². The third kappa shape index (κ3) is 2.47.